The van der Waals surface area contributed by atoms with Gasteiger partial charge < -0.3 is 19.7 Å². The van der Waals surface area contributed by atoms with E-state index >= 15 is 0 Å². The van der Waals surface area contributed by atoms with Gasteiger partial charge in [0.1, 0.15) is 11.3 Å². The van der Waals surface area contributed by atoms with Crippen LogP contribution in [0.3, 0.4) is 0 Å². The maximum Gasteiger partial charge on any atom is 0.270 e. The van der Waals surface area contributed by atoms with Gasteiger partial charge in [0, 0.05) is 36.2 Å². The van der Waals surface area contributed by atoms with E-state index in [0.717, 1.165) is 33.4 Å². The number of aryl methyl sites for hydroxylation is 1. The van der Waals surface area contributed by atoms with E-state index < -0.39 is 6.10 Å². The highest BCUT2D eigenvalue weighted by Gasteiger charge is 2.26. The Morgan fingerprint density at radius 2 is 2.16 bits per heavy atom. The maximum absolute atomic E-state index is 13.0. The molecule has 1 aromatic carbocycles. The molecule has 1 saturated heterocycles. The summed E-state index contributed by atoms with van der Waals surface area (Å²) in [5, 5.41) is 16.1. The molecule has 1 aliphatic heterocycles. The van der Waals surface area contributed by atoms with Crippen LogP contribution in [0.2, 0.25) is 0 Å². The summed E-state index contributed by atoms with van der Waals surface area (Å²) in [6.45, 7) is 0.756. The fourth-order valence-corrected chi connectivity index (χ4v) is 4.63. The molecule has 1 aliphatic rings. The van der Waals surface area contributed by atoms with Crippen LogP contribution in [0.4, 0.5) is 0 Å². The van der Waals surface area contributed by atoms with Crippen molar-refractivity contribution in [1.29, 1.82) is 0 Å². The molecule has 1 fully saturated rings. The number of thiazole rings is 1. The second kappa shape index (κ2) is 8.82. The second-order valence-corrected chi connectivity index (χ2v) is 8.81. The molecule has 0 aliphatic carbocycles. The Hall–Kier alpha value is -3.07. The van der Waals surface area contributed by atoms with Crippen molar-refractivity contribution < 1.29 is 14.6 Å². The Kier molecular flexibility index (Phi) is 5.73. The lowest BCUT2D eigenvalue weighted by Gasteiger charge is -2.28. The summed E-state index contributed by atoms with van der Waals surface area (Å²) in [6, 6.07) is 11.9. The van der Waals surface area contributed by atoms with Crippen LogP contribution >= 0.6 is 11.3 Å². The lowest BCUT2D eigenvalue weighted by molar-refractivity contribution is -0.0261. The zero-order valence-corrected chi connectivity index (χ0v) is 18.5. The third-order valence-electron chi connectivity index (χ3n) is 5.88. The van der Waals surface area contributed by atoms with E-state index in [1.165, 1.54) is 0 Å². The predicted molar refractivity (Wildman–Crippen MR) is 124 cm³/mol. The highest BCUT2D eigenvalue weighted by molar-refractivity contribution is 7.07. The average molecular weight is 449 g/mol. The van der Waals surface area contributed by atoms with Crippen LogP contribution in [-0.2, 0) is 18.2 Å². The van der Waals surface area contributed by atoms with Crippen LogP contribution in [-0.4, -0.2) is 50.9 Å². The molecule has 32 heavy (non-hydrogen) atoms. The molecular weight excluding hydrogens is 424 g/mol. The Balaban J connectivity index is 1.43. The monoisotopic (exact) mass is 448 g/mol. The van der Waals surface area contributed by atoms with Gasteiger partial charge in [0.25, 0.3) is 5.91 Å². The van der Waals surface area contributed by atoms with E-state index in [2.05, 4.69) is 39.6 Å². The largest absolute Gasteiger partial charge is 0.389 e. The van der Waals surface area contributed by atoms with E-state index in [0.29, 0.717) is 25.1 Å². The number of nitrogens with one attached hydrogen (secondary N) is 1. The number of hydrogen-bond donors (Lipinski definition) is 2. The van der Waals surface area contributed by atoms with Gasteiger partial charge >= 0.3 is 0 Å². The third-order valence-corrected chi connectivity index (χ3v) is 6.46. The Morgan fingerprint density at radius 1 is 1.31 bits per heavy atom. The molecule has 4 heterocycles. The Labute approximate surface area is 189 Å². The van der Waals surface area contributed by atoms with Crippen molar-refractivity contribution in [1.82, 2.24) is 19.9 Å². The van der Waals surface area contributed by atoms with E-state index in [9.17, 15) is 9.90 Å². The molecule has 8 heteroatoms. The van der Waals surface area contributed by atoms with Gasteiger partial charge in [-0.1, -0.05) is 24.3 Å². The second-order valence-electron chi connectivity index (χ2n) is 8.09. The number of hydrogen-bond acceptors (Lipinski definition) is 6. The first kappa shape index (κ1) is 20.8. The number of benzene rings is 1. The van der Waals surface area contributed by atoms with Gasteiger partial charge in [-0.05, 0) is 36.1 Å². The number of fused-ring (bicyclic) bond motifs is 1. The molecule has 7 nitrogen and oxygen atoms in total. The fourth-order valence-electron chi connectivity index (χ4n) is 4.06. The number of nitrogens with zero attached hydrogens (tertiary/aromatic N) is 3. The zero-order valence-electron chi connectivity index (χ0n) is 17.7. The SMILES string of the molecule is Cn1ccc2c(Cc3ccc(-c4cscn4)cc3)cc(C(=O)NC3CCOCC3O)nc21. The van der Waals surface area contributed by atoms with Gasteiger partial charge in [0.2, 0.25) is 0 Å². The van der Waals surface area contributed by atoms with Crippen LogP contribution < -0.4 is 5.32 Å². The Morgan fingerprint density at radius 3 is 2.91 bits per heavy atom. The van der Waals surface area contributed by atoms with Crippen molar-refractivity contribution in [3.05, 3.63) is 70.3 Å². The first-order chi connectivity index (χ1) is 15.6. The molecule has 2 N–H and O–H groups in total. The summed E-state index contributed by atoms with van der Waals surface area (Å²) >= 11 is 1.58. The normalized spacial score (nSPS) is 18.7. The summed E-state index contributed by atoms with van der Waals surface area (Å²) in [5.41, 5.74) is 7.19. The average Bonchev–Trinajstić information content (AvgIpc) is 3.47. The van der Waals surface area contributed by atoms with Crippen molar-refractivity contribution in [2.45, 2.75) is 25.0 Å². The van der Waals surface area contributed by atoms with Gasteiger partial charge in [-0.25, -0.2) is 9.97 Å². The van der Waals surface area contributed by atoms with E-state index in [1.54, 1.807) is 11.3 Å². The quantitative estimate of drug-likeness (QED) is 0.490. The molecule has 0 radical (unpaired) electrons. The topological polar surface area (TPSA) is 89.3 Å². The smallest absolute Gasteiger partial charge is 0.270 e. The van der Waals surface area contributed by atoms with E-state index in [4.69, 9.17) is 4.74 Å². The number of aromatic nitrogens is 3. The number of rotatable bonds is 5. The van der Waals surface area contributed by atoms with Crippen LogP contribution in [0.5, 0.6) is 0 Å². The molecule has 2 atom stereocenters. The van der Waals surface area contributed by atoms with Crippen molar-refractivity contribution in [3.8, 4) is 11.3 Å². The number of pyridine rings is 1. The summed E-state index contributed by atoms with van der Waals surface area (Å²) in [6.07, 6.45) is 2.51. The fraction of sp³-hybridized carbons (Fsp3) is 0.292. The molecule has 164 valence electrons. The summed E-state index contributed by atoms with van der Waals surface area (Å²) in [7, 11) is 1.92. The minimum absolute atomic E-state index is 0.233. The van der Waals surface area contributed by atoms with Crippen molar-refractivity contribution in [3.63, 3.8) is 0 Å². The molecular formula is C24H24N4O3S. The zero-order chi connectivity index (χ0) is 22.1. The van der Waals surface area contributed by atoms with Crippen LogP contribution in [0.25, 0.3) is 22.3 Å². The number of aliphatic hydroxyl groups excluding tert-OH is 1. The van der Waals surface area contributed by atoms with Gasteiger partial charge in [0.05, 0.1) is 30.0 Å². The Bertz CT molecular complexity index is 1230. The number of carbonyl (C=O) groups excluding carboxylic acids is 1. The minimum Gasteiger partial charge on any atom is -0.389 e. The molecule has 0 saturated carbocycles. The maximum atomic E-state index is 13.0. The molecule has 3 aromatic heterocycles. The summed E-state index contributed by atoms with van der Waals surface area (Å²) in [5.74, 6) is -0.279. The molecule has 5 rings (SSSR count). The minimum atomic E-state index is -0.706. The van der Waals surface area contributed by atoms with Crippen LogP contribution in [0, 0.1) is 0 Å². The lowest BCUT2D eigenvalue weighted by Crippen LogP contribution is -2.48. The third kappa shape index (κ3) is 4.17. The standard InChI is InChI=1S/C24H24N4O3S/c1-28-8-6-18-17(10-15-2-4-16(5-3-15)21-13-32-14-25-21)11-20(26-23(18)28)24(30)27-19-7-9-31-12-22(19)29/h2-6,8,11,13-14,19,22,29H,7,9-10,12H2,1H3,(H,27,30). The number of aliphatic hydroxyl groups is 1. The molecule has 2 unspecified atom stereocenters. The number of carbonyl (C=O) groups is 1. The van der Waals surface area contributed by atoms with Gasteiger partial charge in [0.15, 0.2) is 0 Å². The van der Waals surface area contributed by atoms with Crippen LogP contribution in [0.15, 0.2) is 53.5 Å². The molecule has 4 aromatic rings. The summed E-state index contributed by atoms with van der Waals surface area (Å²) in [4.78, 5) is 21.9. The first-order valence-electron chi connectivity index (χ1n) is 10.6. The van der Waals surface area contributed by atoms with E-state index in [-0.39, 0.29) is 18.6 Å². The highest BCUT2D eigenvalue weighted by Crippen LogP contribution is 2.25. The van der Waals surface area contributed by atoms with Crippen molar-refractivity contribution in [2.24, 2.45) is 7.05 Å². The van der Waals surface area contributed by atoms with Crippen molar-refractivity contribution in [2.75, 3.05) is 13.2 Å². The molecule has 0 bridgehead atoms. The molecule has 0 spiro atoms. The van der Waals surface area contributed by atoms with Gasteiger partial charge in [-0.3, -0.25) is 4.79 Å². The highest BCUT2D eigenvalue weighted by atomic mass is 32.1. The number of ether oxygens (including phenoxy) is 1. The predicted octanol–water partition coefficient (Wildman–Crippen LogP) is 3.17. The number of amides is 1. The van der Waals surface area contributed by atoms with E-state index in [1.807, 2.05) is 40.8 Å². The lowest BCUT2D eigenvalue weighted by atomic mass is 10.00. The summed E-state index contributed by atoms with van der Waals surface area (Å²) < 4.78 is 7.18. The van der Waals surface area contributed by atoms with Gasteiger partial charge in [-0.15, -0.1) is 11.3 Å². The van der Waals surface area contributed by atoms with Crippen LogP contribution in [0.1, 0.15) is 28.0 Å². The van der Waals surface area contributed by atoms with Crippen molar-refractivity contribution >= 4 is 28.3 Å². The molecule has 1 amide bonds. The first-order valence-corrected chi connectivity index (χ1v) is 11.5. The van der Waals surface area contributed by atoms with Gasteiger partial charge in [-0.2, -0.15) is 0 Å².